The van der Waals surface area contributed by atoms with Crippen LogP contribution in [0.4, 0.5) is 0 Å². The monoisotopic (exact) mass is 227 g/mol. The Morgan fingerprint density at radius 3 is 2.69 bits per heavy atom. The molecule has 2 aliphatic rings. The fourth-order valence-electron chi connectivity index (χ4n) is 2.22. The lowest BCUT2D eigenvalue weighted by atomic mass is 10.2. The number of hydrogen-bond acceptors (Lipinski definition) is 3. The van der Waals surface area contributed by atoms with E-state index < -0.39 is 0 Å². The number of morpholine rings is 1. The number of nitrogens with zero attached hydrogens (tertiary/aromatic N) is 1. The highest BCUT2D eigenvalue weighted by Gasteiger charge is 2.47. The van der Waals surface area contributed by atoms with Crippen molar-refractivity contribution in [2.45, 2.75) is 51.2 Å². The van der Waals surface area contributed by atoms with Gasteiger partial charge < -0.3 is 9.47 Å². The van der Waals surface area contributed by atoms with Crippen molar-refractivity contribution < 1.29 is 9.47 Å². The van der Waals surface area contributed by atoms with Crippen molar-refractivity contribution in [1.29, 1.82) is 0 Å². The molecule has 0 N–H and O–H groups in total. The molecule has 0 aromatic rings. The van der Waals surface area contributed by atoms with Gasteiger partial charge >= 0.3 is 0 Å². The molecule has 0 unspecified atom stereocenters. The van der Waals surface area contributed by atoms with E-state index in [9.17, 15) is 0 Å². The van der Waals surface area contributed by atoms with Crippen LogP contribution in [0.15, 0.2) is 0 Å². The van der Waals surface area contributed by atoms with E-state index >= 15 is 0 Å². The standard InChI is InChI=1S/C13H25NO2/c1-12(2,3)15-9-4-7-14-8-10-16-13(11-14)5-6-13/h4-11H2,1-3H3. The van der Waals surface area contributed by atoms with Gasteiger partial charge in [0.1, 0.15) is 0 Å². The van der Waals surface area contributed by atoms with Gasteiger partial charge in [-0.1, -0.05) is 0 Å². The number of hydrogen-bond donors (Lipinski definition) is 0. The van der Waals surface area contributed by atoms with Crippen LogP contribution in [0.25, 0.3) is 0 Å². The van der Waals surface area contributed by atoms with Gasteiger partial charge in [0.25, 0.3) is 0 Å². The summed E-state index contributed by atoms with van der Waals surface area (Å²) in [5, 5.41) is 0. The lowest BCUT2D eigenvalue weighted by molar-refractivity contribution is -0.0523. The van der Waals surface area contributed by atoms with Crippen LogP contribution >= 0.6 is 0 Å². The fraction of sp³-hybridized carbons (Fsp3) is 1.00. The summed E-state index contributed by atoms with van der Waals surface area (Å²) in [6.45, 7) is 11.5. The Balaban J connectivity index is 1.59. The molecule has 0 amide bonds. The minimum Gasteiger partial charge on any atom is -0.376 e. The average Bonchev–Trinajstić information content (AvgIpc) is 2.91. The molecule has 0 aromatic carbocycles. The van der Waals surface area contributed by atoms with Gasteiger partial charge in [-0.2, -0.15) is 0 Å². The highest BCUT2D eigenvalue weighted by molar-refractivity contribution is 5.00. The van der Waals surface area contributed by atoms with E-state index in [1.54, 1.807) is 0 Å². The molecule has 2 rings (SSSR count). The molecule has 16 heavy (non-hydrogen) atoms. The van der Waals surface area contributed by atoms with E-state index in [2.05, 4.69) is 25.7 Å². The zero-order chi connectivity index (χ0) is 11.6. The van der Waals surface area contributed by atoms with E-state index in [1.807, 2.05) is 0 Å². The summed E-state index contributed by atoms with van der Waals surface area (Å²) in [5.41, 5.74) is 0.270. The van der Waals surface area contributed by atoms with Gasteiger partial charge in [-0.25, -0.2) is 0 Å². The van der Waals surface area contributed by atoms with Gasteiger partial charge in [0.05, 0.1) is 17.8 Å². The summed E-state index contributed by atoms with van der Waals surface area (Å²) >= 11 is 0. The topological polar surface area (TPSA) is 21.7 Å². The quantitative estimate of drug-likeness (QED) is 0.686. The third-order valence-electron chi connectivity index (χ3n) is 3.29. The minimum atomic E-state index is 0.00270. The van der Waals surface area contributed by atoms with Gasteiger partial charge in [-0.05, 0) is 40.0 Å². The van der Waals surface area contributed by atoms with Gasteiger partial charge in [-0.3, -0.25) is 4.90 Å². The van der Waals surface area contributed by atoms with Gasteiger partial charge in [0.2, 0.25) is 0 Å². The maximum Gasteiger partial charge on any atom is 0.0811 e. The Kier molecular flexibility index (Phi) is 3.57. The van der Waals surface area contributed by atoms with Crippen LogP contribution < -0.4 is 0 Å². The first-order valence-electron chi connectivity index (χ1n) is 6.49. The van der Waals surface area contributed by atoms with Crippen LogP contribution in [0.5, 0.6) is 0 Å². The second-order valence-corrected chi connectivity index (χ2v) is 6.12. The molecule has 1 saturated heterocycles. The van der Waals surface area contributed by atoms with Crippen molar-refractivity contribution in [3.05, 3.63) is 0 Å². The molecule has 3 heteroatoms. The largest absolute Gasteiger partial charge is 0.376 e. The molecule has 94 valence electrons. The van der Waals surface area contributed by atoms with E-state index in [0.717, 1.165) is 39.3 Å². The van der Waals surface area contributed by atoms with Gasteiger partial charge in [0, 0.05) is 26.2 Å². The second kappa shape index (κ2) is 4.63. The van der Waals surface area contributed by atoms with E-state index in [0.29, 0.717) is 0 Å². The highest BCUT2D eigenvalue weighted by Crippen LogP contribution is 2.41. The summed E-state index contributed by atoms with van der Waals surface area (Å²) in [5.74, 6) is 0. The highest BCUT2D eigenvalue weighted by atomic mass is 16.5. The predicted octanol–water partition coefficient (Wildman–Crippen LogP) is 2.06. The van der Waals surface area contributed by atoms with E-state index in [-0.39, 0.29) is 11.2 Å². The molecular weight excluding hydrogens is 202 g/mol. The van der Waals surface area contributed by atoms with Gasteiger partial charge in [-0.15, -0.1) is 0 Å². The summed E-state index contributed by atoms with van der Waals surface area (Å²) < 4.78 is 11.5. The molecule has 1 saturated carbocycles. The predicted molar refractivity (Wildman–Crippen MR) is 64.7 cm³/mol. The molecule has 1 aliphatic carbocycles. The van der Waals surface area contributed by atoms with Crippen LogP contribution in [0.1, 0.15) is 40.0 Å². The van der Waals surface area contributed by atoms with Crippen molar-refractivity contribution in [3.8, 4) is 0 Å². The first-order valence-corrected chi connectivity index (χ1v) is 6.49. The normalized spacial score (nSPS) is 24.9. The molecule has 1 spiro atoms. The van der Waals surface area contributed by atoms with Crippen LogP contribution in [0.3, 0.4) is 0 Å². The lowest BCUT2D eigenvalue weighted by Gasteiger charge is -2.33. The molecule has 2 fully saturated rings. The maximum absolute atomic E-state index is 5.79. The molecule has 0 aromatic heterocycles. The Hall–Kier alpha value is -0.120. The smallest absolute Gasteiger partial charge is 0.0811 e. The number of ether oxygens (including phenoxy) is 2. The SMILES string of the molecule is CC(C)(C)OCCCN1CCOC2(CC2)C1. The fourth-order valence-corrected chi connectivity index (χ4v) is 2.22. The van der Waals surface area contributed by atoms with Crippen LogP contribution in [0.2, 0.25) is 0 Å². The Morgan fingerprint density at radius 2 is 2.06 bits per heavy atom. The Bertz CT molecular complexity index is 231. The van der Waals surface area contributed by atoms with Crippen molar-refractivity contribution in [2.75, 3.05) is 32.8 Å². The molecular formula is C13H25NO2. The zero-order valence-electron chi connectivity index (χ0n) is 10.9. The van der Waals surface area contributed by atoms with Crippen LogP contribution in [-0.4, -0.2) is 49.0 Å². The first-order chi connectivity index (χ1) is 7.49. The van der Waals surface area contributed by atoms with Crippen LogP contribution in [0, 0.1) is 0 Å². The lowest BCUT2D eigenvalue weighted by Crippen LogP contribution is -2.44. The van der Waals surface area contributed by atoms with Crippen molar-refractivity contribution in [1.82, 2.24) is 4.90 Å². The van der Waals surface area contributed by atoms with Crippen LogP contribution in [-0.2, 0) is 9.47 Å². The summed E-state index contributed by atoms with van der Waals surface area (Å²) in [6, 6.07) is 0. The first kappa shape index (κ1) is 12.3. The minimum absolute atomic E-state index is 0.00270. The molecule has 0 bridgehead atoms. The molecule has 1 heterocycles. The van der Waals surface area contributed by atoms with Gasteiger partial charge in [0.15, 0.2) is 0 Å². The molecule has 3 nitrogen and oxygen atoms in total. The third-order valence-corrected chi connectivity index (χ3v) is 3.29. The average molecular weight is 227 g/mol. The molecule has 1 aliphatic heterocycles. The van der Waals surface area contributed by atoms with E-state index in [1.165, 1.54) is 12.8 Å². The zero-order valence-corrected chi connectivity index (χ0v) is 10.9. The molecule has 0 radical (unpaired) electrons. The number of rotatable bonds is 4. The van der Waals surface area contributed by atoms with E-state index in [4.69, 9.17) is 9.47 Å². The van der Waals surface area contributed by atoms with Crippen molar-refractivity contribution in [2.24, 2.45) is 0 Å². The third kappa shape index (κ3) is 3.72. The maximum atomic E-state index is 5.79. The Labute approximate surface area is 99.1 Å². The second-order valence-electron chi connectivity index (χ2n) is 6.12. The Morgan fingerprint density at radius 1 is 1.31 bits per heavy atom. The summed E-state index contributed by atoms with van der Waals surface area (Å²) in [6.07, 6.45) is 3.66. The summed E-state index contributed by atoms with van der Waals surface area (Å²) in [4.78, 5) is 2.53. The molecule has 0 atom stereocenters. The van der Waals surface area contributed by atoms with Crippen molar-refractivity contribution in [3.63, 3.8) is 0 Å². The summed E-state index contributed by atoms with van der Waals surface area (Å²) in [7, 11) is 0. The van der Waals surface area contributed by atoms with Crippen molar-refractivity contribution >= 4 is 0 Å².